The van der Waals surface area contributed by atoms with Gasteiger partial charge in [0.05, 0.1) is 0 Å². The van der Waals surface area contributed by atoms with Crippen LogP contribution in [0.3, 0.4) is 0 Å². The Balaban J connectivity index is 1.76. The number of aryl methyl sites for hydroxylation is 1. The minimum Gasteiger partial charge on any atom is -0.461 e. The highest BCUT2D eigenvalue weighted by Gasteiger charge is 2.04. The van der Waals surface area contributed by atoms with Crippen LogP contribution in [-0.4, -0.2) is 11.0 Å². The van der Waals surface area contributed by atoms with Gasteiger partial charge in [0.1, 0.15) is 6.61 Å². The maximum atomic E-state index is 11.6. The van der Waals surface area contributed by atoms with E-state index >= 15 is 0 Å². The number of hydrogen-bond donors (Lipinski definition) is 1. The number of carbonyl (C=O) groups is 1. The predicted molar refractivity (Wildman–Crippen MR) is 73.2 cm³/mol. The molecule has 1 aromatic carbocycles. The van der Waals surface area contributed by atoms with E-state index in [0.29, 0.717) is 18.5 Å². The largest absolute Gasteiger partial charge is 0.461 e. The Labute approximate surface area is 112 Å². The number of ether oxygens (including phenoxy) is 1. The second-order valence-electron chi connectivity index (χ2n) is 4.26. The SMILES string of the molecule is Nc1cccc(CCC(=O)OCc2ccncc2)c1. The number of pyridine rings is 1. The Morgan fingerprint density at radius 1 is 1.16 bits per heavy atom. The van der Waals surface area contributed by atoms with E-state index in [1.165, 1.54) is 0 Å². The van der Waals surface area contributed by atoms with E-state index in [-0.39, 0.29) is 12.6 Å². The highest BCUT2D eigenvalue weighted by Crippen LogP contribution is 2.09. The molecular weight excluding hydrogens is 240 g/mol. The van der Waals surface area contributed by atoms with Crippen molar-refractivity contribution in [3.63, 3.8) is 0 Å². The van der Waals surface area contributed by atoms with Crippen molar-refractivity contribution in [1.29, 1.82) is 0 Å². The number of nitrogens with zero attached hydrogens (tertiary/aromatic N) is 1. The van der Waals surface area contributed by atoms with Crippen molar-refractivity contribution in [2.75, 3.05) is 5.73 Å². The van der Waals surface area contributed by atoms with Gasteiger partial charge in [-0.15, -0.1) is 0 Å². The predicted octanol–water partition coefficient (Wildman–Crippen LogP) is 2.34. The van der Waals surface area contributed by atoms with Crippen LogP contribution < -0.4 is 5.73 Å². The number of anilines is 1. The van der Waals surface area contributed by atoms with Crippen LogP contribution >= 0.6 is 0 Å². The van der Waals surface area contributed by atoms with E-state index in [0.717, 1.165) is 11.1 Å². The van der Waals surface area contributed by atoms with Crippen LogP contribution in [0.15, 0.2) is 48.8 Å². The molecule has 0 unspecified atom stereocenters. The minimum atomic E-state index is -0.209. The summed E-state index contributed by atoms with van der Waals surface area (Å²) in [5, 5.41) is 0. The fourth-order valence-electron chi connectivity index (χ4n) is 1.71. The Morgan fingerprint density at radius 2 is 1.95 bits per heavy atom. The van der Waals surface area contributed by atoms with Crippen LogP contribution in [0.1, 0.15) is 17.5 Å². The number of nitrogens with two attached hydrogens (primary N) is 1. The summed E-state index contributed by atoms with van der Waals surface area (Å²) in [6.45, 7) is 0.290. The molecule has 1 heterocycles. The lowest BCUT2D eigenvalue weighted by atomic mass is 10.1. The molecule has 0 aliphatic heterocycles. The third kappa shape index (κ3) is 4.43. The summed E-state index contributed by atoms with van der Waals surface area (Å²) in [6, 6.07) is 11.2. The molecule has 0 amide bonds. The van der Waals surface area contributed by atoms with Crippen LogP contribution in [0.2, 0.25) is 0 Å². The van der Waals surface area contributed by atoms with Gasteiger partial charge in [-0.3, -0.25) is 9.78 Å². The van der Waals surface area contributed by atoms with E-state index in [9.17, 15) is 4.79 Å². The summed E-state index contributed by atoms with van der Waals surface area (Å²) < 4.78 is 5.18. The molecule has 0 saturated heterocycles. The van der Waals surface area contributed by atoms with Gasteiger partial charge in [-0.25, -0.2) is 0 Å². The van der Waals surface area contributed by atoms with Crippen LogP contribution in [0, 0.1) is 0 Å². The molecule has 98 valence electrons. The maximum Gasteiger partial charge on any atom is 0.306 e. The molecule has 0 fully saturated rings. The summed E-state index contributed by atoms with van der Waals surface area (Å²) in [6.07, 6.45) is 4.35. The van der Waals surface area contributed by atoms with Gasteiger partial charge in [-0.1, -0.05) is 12.1 Å². The molecule has 0 aliphatic rings. The Bertz CT molecular complexity index is 541. The fourth-order valence-corrected chi connectivity index (χ4v) is 1.71. The molecule has 0 atom stereocenters. The van der Waals surface area contributed by atoms with E-state index < -0.39 is 0 Å². The smallest absolute Gasteiger partial charge is 0.306 e. The molecule has 4 heteroatoms. The first kappa shape index (κ1) is 13.1. The van der Waals surface area contributed by atoms with Gasteiger partial charge in [-0.05, 0) is 41.8 Å². The van der Waals surface area contributed by atoms with Crippen molar-refractivity contribution in [1.82, 2.24) is 4.98 Å². The summed E-state index contributed by atoms with van der Waals surface area (Å²) in [5.74, 6) is -0.209. The van der Waals surface area contributed by atoms with Crippen LogP contribution in [0.5, 0.6) is 0 Å². The lowest BCUT2D eigenvalue weighted by Crippen LogP contribution is -2.06. The van der Waals surface area contributed by atoms with Gasteiger partial charge in [0.15, 0.2) is 0 Å². The molecule has 4 nitrogen and oxygen atoms in total. The van der Waals surface area contributed by atoms with E-state index in [1.807, 2.05) is 36.4 Å². The lowest BCUT2D eigenvalue weighted by molar-refractivity contribution is -0.144. The normalized spacial score (nSPS) is 10.1. The summed E-state index contributed by atoms with van der Waals surface area (Å²) in [4.78, 5) is 15.5. The molecule has 2 N–H and O–H groups in total. The summed E-state index contributed by atoms with van der Waals surface area (Å²) in [7, 11) is 0. The maximum absolute atomic E-state index is 11.6. The minimum absolute atomic E-state index is 0.209. The molecule has 2 rings (SSSR count). The molecule has 0 radical (unpaired) electrons. The van der Waals surface area contributed by atoms with E-state index in [4.69, 9.17) is 10.5 Å². The second-order valence-corrected chi connectivity index (χ2v) is 4.26. The second kappa shape index (κ2) is 6.54. The van der Waals surface area contributed by atoms with Crippen molar-refractivity contribution >= 4 is 11.7 Å². The van der Waals surface area contributed by atoms with Crippen molar-refractivity contribution in [3.05, 3.63) is 59.9 Å². The van der Waals surface area contributed by atoms with Gasteiger partial charge >= 0.3 is 5.97 Å². The number of hydrogen-bond acceptors (Lipinski definition) is 4. The van der Waals surface area contributed by atoms with Gasteiger partial charge in [0.25, 0.3) is 0 Å². The average Bonchev–Trinajstić information content (AvgIpc) is 2.44. The van der Waals surface area contributed by atoms with Gasteiger partial charge in [0.2, 0.25) is 0 Å². The highest BCUT2D eigenvalue weighted by molar-refractivity contribution is 5.69. The zero-order chi connectivity index (χ0) is 13.5. The van der Waals surface area contributed by atoms with Gasteiger partial charge in [-0.2, -0.15) is 0 Å². The standard InChI is InChI=1S/C15H16N2O2/c16-14-3-1-2-12(10-14)4-5-15(18)19-11-13-6-8-17-9-7-13/h1-3,6-10H,4-5,11,16H2. The zero-order valence-electron chi connectivity index (χ0n) is 10.6. The van der Waals surface area contributed by atoms with Crippen LogP contribution in [0.4, 0.5) is 5.69 Å². The fraction of sp³-hybridized carbons (Fsp3) is 0.200. The van der Waals surface area contributed by atoms with Crippen molar-refractivity contribution in [2.24, 2.45) is 0 Å². The molecule has 1 aromatic heterocycles. The van der Waals surface area contributed by atoms with Crippen LogP contribution in [-0.2, 0) is 22.6 Å². The highest BCUT2D eigenvalue weighted by atomic mass is 16.5. The number of benzene rings is 1. The summed E-state index contributed by atoms with van der Waals surface area (Å²) in [5.41, 5.74) is 8.37. The van der Waals surface area contributed by atoms with Gasteiger partial charge < -0.3 is 10.5 Å². The molecular formula is C15H16N2O2. The van der Waals surface area contributed by atoms with E-state index in [1.54, 1.807) is 12.4 Å². The van der Waals surface area contributed by atoms with Crippen molar-refractivity contribution in [2.45, 2.75) is 19.4 Å². The molecule has 19 heavy (non-hydrogen) atoms. The van der Waals surface area contributed by atoms with Crippen molar-refractivity contribution < 1.29 is 9.53 Å². The first-order chi connectivity index (χ1) is 9.24. The third-order valence-electron chi connectivity index (χ3n) is 2.72. The number of aromatic nitrogens is 1. The molecule has 0 saturated carbocycles. The molecule has 0 aliphatic carbocycles. The van der Waals surface area contributed by atoms with Crippen molar-refractivity contribution in [3.8, 4) is 0 Å². The monoisotopic (exact) mass is 256 g/mol. The lowest BCUT2D eigenvalue weighted by Gasteiger charge is -2.05. The molecule has 0 bridgehead atoms. The number of esters is 1. The van der Waals surface area contributed by atoms with Gasteiger partial charge in [0, 0.05) is 24.5 Å². The van der Waals surface area contributed by atoms with Crippen LogP contribution in [0.25, 0.3) is 0 Å². The summed E-state index contributed by atoms with van der Waals surface area (Å²) >= 11 is 0. The van der Waals surface area contributed by atoms with E-state index in [2.05, 4.69) is 4.98 Å². The Hall–Kier alpha value is -2.36. The zero-order valence-corrected chi connectivity index (χ0v) is 10.6. The Kier molecular flexibility index (Phi) is 4.50. The number of nitrogen functional groups attached to an aromatic ring is 1. The first-order valence-electron chi connectivity index (χ1n) is 6.13. The average molecular weight is 256 g/mol. The third-order valence-corrected chi connectivity index (χ3v) is 2.72. The Morgan fingerprint density at radius 3 is 2.68 bits per heavy atom. The number of carbonyl (C=O) groups excluding carboxylic acids is 1. The molecule has 2 aromatic rings. The quantitative estimate of drug-likeness (QED) is 0.658. The first-order valence-corrected chi connectivity index (χ1v) is 6.13. The number of rotatable bonds is 5. The molecule has 0 spiro atoms. The topological polar surface area (TPSA) is 65.2 Å².